The van der Waals surface area contributed by atoms with Crippen LogP contribution in [-0.2, 0) is 31.0 Å². The van der Waals surface area contributed by atoms with Crippen LogP contribution in [0.25, 0.3) is 33.1 Å². The molecular weight excluding hydrogens is 1270 g/mol. The van der Waals surface area contributed by atoms with Crippen LogP contribution in [0.5, 0.6) is 23.5 Å². The number of likely N-dealkylation sites (tertiary alicyclic amines) is 4. The zero-order chi connectivity index (χ0) is 72.3. The van der Waals surface area contributed by atoms with Crippen LogP contribution in [0.3, 0.4) is 0 Å². The lowest BCUT2D eigenvalue weighted by molar-refractivity contribution is -0.840. The predicted molar refractivity (Wildman–Crippen MR) is 379 cm³/mol. The van der Waals surface area contributed by atoms with Gasteiger partial charge in [-0.25, -0.2) is 34.3 Å². The number of hydrogen-bond acceptors (Lipinski definition) is 19. The predicted octanol–water partition coefficient (Wildman–Crippen LogP) is 10.2. The molecule has 1 N–H and O–H groups in total. The van der Waals surface area contributed by atoms with Crippen LogP contribution in [0.1, 0.15) is 122 Å². The van der Waals surface area contributed by atoms with Crippen molar-refractivity contribution in [1.29, 1.82) is 0 Å². The summed E-state index contributed by atoms with van der Waals surface area (Å²) >= 11 is 0. The molecule has 1 unspecified atom stereocenters. The van der Waals surface area contributed by atoms with Crippen molar-refractivity contribution in [2.75, 3.05) is 107 Å². The highest BCUT2D eigenvalue weighted by Crippen LogP contribution is 2.39. The number of pyridine rings is 4. The van der Waals surface area contributed by atoms with E-state index in [4.69, 9.17) is 23.9 Å². The van der Waals surface area contributed by atoms with Gasteiger partial charge in [-0.2, -0.15) is 0 Å². The minimum Gasteiger partial charge on any atom is -0.481 e. The highest BCUT2D eigenvalue weighted by Gasteiger charge is 2.40. The largest absolute Gasteiger partial charge is 0.481 e. The lowest BCUT2D eigenvalue weighted by Crippen LogP contribution is -2.53. The van der Waals surface area contributed by atoms with Crippen LogP contribution in [0, 0.1) is 17.8 Å². The lowest BCUT2D eigenvalue weighted by atomic mass is 9.84. The summed E-state index contributed by atoms with van der Waals surface area (Å²) in [7, 11) is 14.3. The highest BCUT2D eigenvalue weighted by atomic mass is 16.5. The third-order valence-corrected chi connectivity index (χ3v) is 20.1. The van der Waals surface area contributed by atoms with Crippen molar-refractivity contribution in [3.63, 3.8) is 0 Å². The zero-order valence-electron chi connectivity index (χ0n) is 59.6. The number of aryl methyl sites for hydroxylation is 1. The number of quaternary nitrogens is 3. The van der Waals surface area contributed by atoms with E-state index in [1.54, 1.807) is 108 Å². The lowest BCUT2D eigenvalue weighted by Gasteiger charge is -2.40. The average molecular weight is 1370 g/mol. The second-order valence-corrected chi connectivity index (χ2v) is 26.6. The molecule has 12 rings (SSSR count). The molecule has 0 spiro atoms. The Bertz CT molecular complexity index is 4030. The second kappa shape index (κ2) is 34.6. The molecule has 0 bridgehead atoms. The van der Waals surface area contributed by atoms with E-state index in [-0.39, 0.29) is 58.9 Å². The Kier molecular flexibility index (Phi) is 26.2. The molecule has 4 fully saturated rings. The summed E-state index contributed by atoms with van der Waals surface area (Å²) in [6.07, 6.45) is 18.8. The minimum absolute atomic E-state index is 0.00394. The van der Waals surface area contributed by atoms with E-state index >= 15 is 0 Å². The van der Waals surface area contributed by atoms with Gasteiger partial charge >= 0.3 is 17.7 Å². The topological polar surface area (TPSA) is 271 Å². The molecule has 0 aliphatic carbocycles. The van der Waals surface area contributed by atoms with E-state index in [1.165, 1.54) is 31.1 Å². The number of carbonyl (C=O) groups is 8. The summed E-state index contributed by atoms with van der Waals surface area (Å²) in [6.45, 7) is 12.3. The van der Waals surface area contributed by atoms with Gasteiger partial charge < -0.3 is 33.7 Å². The number of methoxy groups -OCH3 is 4. The van der Waals surface area contributed by atoms with Crippen LogP contribution in [-0.4, -0.2) is 202 Å². The molecule has 4 aliphatic rings. The van der Waals surface area contributed by atoms with Gasteiger partial charge in [0.1, 0.15) is 5.78 Å². The van der Waals surface area contributed by atoms with Crippen LogP contribution >= 0.6 is 0 Å². The van der Waals surface area contributed by atoms with Crippen molar-refractivity contribution in [2.24, 2.45) is 24.8 Å². The van der Waals surface area contributed by atoms with Gasteiger partial charge in [-0.3, -0.25) is 47.4 Å². The number of ether oxygens (including phenoxy) is 4. The van der Waals surface area contributed by atoms with E-state index < -0.39 is 0 Å². The first-order valence-electron chi connectivity index (χ1n) is 33.8. The van der Waals surface area contributed by atoms with Crippen molar-refractivity contribution in [1.82, 2.24) is 39.4 Å². The first-order chi connectivity index (χ1) is 47.8. The van der Waals surface area contributed by atoms with E-state index in [0.29, 0.717) is 85.5 Å². The van der Waals surface area contributed by atoms with Gasteiger partial charge in [-0.15, -0.1) is 0 Å². The molecule has 1 atom stereocenters. The molecule has 10 heterocycles. The second-order valence-electron chi connectivity index (χ2n) is 26.6. The van der Waals surface area contributed by atoms with Gasteiger partial charge in [0.2, 0.25) is 29.4 Å². The van der Waals surface area contributed by atoms with Crippen molar-refractivity contribution in [3.05, 3.63) is 151 Å². The number of aldehydes is 1. The van der Waals surface area contributed by atoms with Crippen molar-refractivity contribution >= 4 is 74.9 Å². The van der Waals surface area contributed by atoms with Crippen LogP contribution < -0.4 is 24.3 Å². The molecule has 4 aliphatic heterocycles. The summed E-state index contributed by atoms with van der Waals surface area (Å²) in [5, 5.41) is 5.06. The van der Waals surface area contributed by atoms with E-state index in [0.717, 1.165) is 117 Å². The monoisotopic (exact) mass is 1370 g/mol. The maximum absolute atomic E-state index is 12.4. The number of benzene rings is 2. The Morgan fingerprint density at radius 3 is 1.45 bits per heavy atom. The Hall–Kier alpha value is -10.0. The SMILES string of the molecule is CC(=O)N1CCC(=O)CC1.COc1ccc(C(=O)C2CC[N+](C)(C(C)=O)CC2)cn1.COc1ccc(C(=O)C2CC[N+](C)(C(C)=O)CC2)cn1.COc1ccc(C(Nc2cc(-c3ccc4ccn(C)c4c3)c3nccnc3c2)C2CC[N+](C)(C(C)=O)CC2)cn1.COc1ccc(C=O)cn1. The Morgan fingerprint density at radius 1 is 0.550 bits per heavy atom. The quantitative estimate of drug-likeness (QED) is 0.0602. The number of anilines is 1. The molecule has 0 saturated carbocycles. The highest BCUT2D eigenvalue weighted by molar-refractivity contribution is 5.99. The third-order valence-electron chi connectivity index (χ3n) is 20.1. The number of hydrogen-bond donors (Lipinski definition) is 1. The number of nitrogens with one attached hydrogen (secondary N) is 1. The fourth-order valence-corrected chi connectivity index (χ4v) is 12.8. The van der Waals surface area contributed by atoms with Crippen molar-refractivity contribution in [2.45, 2.75) is 85.1 Å². The maximum atomic E-state index is 12.4. The van der Waals surface area contributed by atoms with E-state index in [9.17, 15) is 38.4 Å². The van der Waals surface area contributed by atoms with Gasteiger partial charge in [-0.05, 0) is 64.9 Å². The molecule has 0 radical (unpaired) electrons. The number of aromatic nitrogens is 7. The number of Topliss-reactive ketones (excluding diaryl/α,β-unsaturated/α-hetero) is 3. The minimum atomic E-state index is -0.00394. The number of rotatable bonds is 14. The summed E-state index contributed by atoms with van der Waals surface area (Å²) in [5.41, 5.74) is 8.88. The Morgan fingerprint density at radius 2 is 1.02 bits per heavy atom. The molecular formula is C76H95N12O12+3. The number of ketones is 3. The number of nitrogens with zero attached hydrogens (tertiary/aromatic N) is 11. The molecule has 4 amide bonds. The average Bonchev–Trinajstić information content (AvgIpc) is 1.17. The van der Waals surface area contributed by atoms with Crippen molar-refractivity contribution < 1.29 is 70.8 Å². The Balaban J connectivity index is 0.000000178. The first kappa shape index (κ1) is 75.7. The van der Waals surface area contributed by atoms with Gasteiger partial charge in [0, 0.05) is 191 Å². The normalized spacial score (nSPS) is 21.2. The molecule has 24 nitrogen and oxygen atoms in total. The fourth-order valence-electron chi connectivity index (χ4n) is 12.8. The number of fused-ring (bicyclic) bond motifs is 2. The van der Waals surface area contributed by atoms with Gasteiger partial charge in [-0.1, -0.05) is 18.2 Å². The zero-order valence-corrected chi connectivity index (χ0v) is 59.6. The van der Waals surface area contributed by atoms with Crippen molar-refractivity contribution in [3.8, 4) is 34.6 Å². The molecule has 8 aromatic rings. The molecule has 4 saturated heterocycles. The Labute approximate surface area is 584 Å². The summed E-state index contributed by atoms with van der Waals surface area (Å²) < 4.78 is 23.6. The van der Waals surface area contributed by atoms with Gasteiger partial charge in [0.25, 0.3) is 0 Å². The molecule has 528 valence electrons. The summed E-state index contributed by atoms with van der Waals surface area (Å²) in [4.78, 5) is 119. The van der Waals surface area contributed by atoms with Crippen LogP contribution in [0.4, 0.5) is 5.69 Å². The van der Waals surface area contributed by atoms with E-state index in [1.807, 2.05) is 33.4 Å². The number of carbonyl (C=O) groups excluding carboxylic acids is 8. The number of amides is 4. The maximum Gasteiger partial charge on any atom is 0.310 e. The molecule has 6 aromatic heterocycles. The fraction of sp³-hybridized carbons (Fsp3) is 0.421. The smallest absolute Gasteiger partial charge is 0.310 e. The number of piperidine rings is 4. The summed E-state index contributed by atoms with van der Waals surface area (Å²) in [6, 6.07) is 27.1. The van der Waals surface area contributed by atoms with Gasteiger partial charge in [0.15, 0.2) is 17.9 Å². The van der Waals surface area contributed by atoms with Crippen LogP contribution in [0.2, 0.25) is 0 Å². The molecule has 24 heteroatoms. The molecule has 2 aromatic carbocycles. The van der Waals surface area contributed by atoms with E-state index in [2.05, 4.69) is 90.5 Å². The third kappa shape index (κ3) is 19.4. The van der Waals surface area contributed by atoms with Crippen LogP contribution in [0.15, 0.2) is 128 Å². The standard InChI is InChI=1S/C32H35N6O2.2C15H21N2O3.C7H11NO2.C7H7NO2/c1-21(39)38(3)15-10-23(11-16-38)31(25-7-8-30(40-4)35-20-25)36-26-18-27(32-28(19-26)33-12-13-34-32)24-6-5-22-9-14-37(2)29(22)17-24;2*1-11(18)17(2)8-6-12(7-9-17)15(19)13-4-5-14(20-3)16-10-13;1-6(9)8-4-2-7(10)3-5-8;1-10-7-3-2-6(5-9)4-8-7/h5-9,12-14,17-20,23,31,36H,10-11,15-16H2,1-4H3;2*4-5,10,12H,6-9H2,1-3H3;2-5H2,1H3;2-5H,1H3/q3*+1;;. The summed E-state index contributed by atoms with van der Waals surface area (Å²) in [5.74, 6) is 3.60. The van der Waals surface area contributed by atoms with Gasteiger partial charge in [0.05, 0.1) is 127 Å². The molecule has 100 heavy (non-hydrogen) atoms. The first-order valence-corrected chi connectivity index (χ1v) is 33.8.